The normalized spacial score (nSPS) is 10.4. The quantitative estimate of drug-likeness (QED) is 0.722. The second kappa shape index (κ2) is 5.22. The molecule has 0 saturated heterocycles. The van der Waals surface area contributed by atoms with E-state index in [9.17, 15) is 0 Å². The molecule has 0 radical (unpaired) electrons. The highest BCUT2D eigenvalue weighted by molar-refractivity contribution is 7.80. The van der Waals surface area contributed by atoms with Gasteiger partial charge in [0, 0.05) is 40.6 Å². The van der Waals surface area contributed by atoms with Crippen molar-refractivity contribution in [2.45, 2.75) is 0 Å². The summed E-state index contributed by atoms with van der Waals surface area (Å²) >= 11 is 5.06. The Morgan fingerprint density at radius 2 is 1.80 bits per heavy atom. The molecule has 2 aromatic heterocycles. The number of hydrogen-bond donors (Lipinski definition) is 2. The lowest BCUT2D eigenvalue weighted by atomic mass is 10.1. The lowest BCUT2D eigenvalue weighted by Crippen LogP contribution is -2.12. The van der Waals surface area contributed by atoms with Gasteiger partial charge in [-0.05, 0) is 18.2 Å². The van der Waals surface area contributed by atoms with Crippen molar-refractivity contribution in [3.8, 4) is 0 Å². The first kappa shape index (κ1) is 12.5. The fourth-order valence-corrected chi connectivity index (χ4v) is 2.26. The molecule has 0 aliphatic heterocycles. The van der Waals surface area contributed by atoms with Gasteiger partial charge in [-0.25, -0.2) is 0 Å². The summed E-state index contributed by atoms with van der Waals surface area (Å²) in [7, 11) is 0. The minimum Gasteiger partial charge on any atom is -0.389 e. The molecule has 3 aromatic rings. The van der Waals surface area contributed by atoms with Crippen molar-refractivity contribution >= 4 is 39.4 Å². The van der Waals surface area contributed by atoms with E-state index < -0.39 is 0 Å². The average molecular weight is 280 g/mol. The highest BCUT2D eigenvalue weighted by Gasteiger charge is 2.07. The Bertz CT molecular complexity index is 780. The maximum absolute atomic E-state index is 5.73. The van der Waals surface area contributed by atoms with Gasteiger partial charge in [0.25, 0.3) is 0 Å². The van der Waals surface area contributed by atoms with Crippen LogP contribution in [0, 0.1) is 0 Å². The highest BCUT2D eigenvalue weighted by atomic mass is 32.1. The zero-order valence-corrected chi connectivity index (χ0v) is 11.4. The molecule has 0 unspecified atom stereocenters. The average Bonchev–Trinajstić information content (AvgIpc) is 2.48. The summed E-state index contributed by atoms with van der Waals surface area (Å²) in [6.45, 7) is 0. The van der Waals surface area contributed by atoms with Gasteiger partial charge in [-0.15, -0.1) is 0 Å². The predicted octanol–water partition coefficient (Wildman–Crippen LogP) is 3.01. The lowest BCUT2D eigenvalue weighted by Gasteiger charge is -2.12. The van der Waals surface area contributed by atoms with E-state index in [2.05, 4.69) is 15.3 Å². The van der Waals surface area contributed by atoms with Crippen LogP contribution in [0.5, 0.6) is 0 Å². The number of rotatable bonds is 3. The van der Waals surface area contributed by atoms with E-state index in [0.717, 1.165) is 27.7 Å². The second-order valence-electron chi connectivity index (χ2n) is 4.31. The second-order valence-corrected chi connectivity index (χ2v) is 4.75. The van der Waals surface area contributed by atoms with Gasteiger partial charge in [-0.2, -0.15) is 0 Å². The topological polar surface area (TPSA) is 63.8 Å². The van der Waals surface area contributed by atoms with Crippen molar-refractivity contribution in [1.82, 2.24) is 9.97 Å². The molecule has 0 aliphatic carbocycles. The fourth-order valence-electron chi connectivity index (χ4n) is 2.09. The largest absolute Gasteiger partial charge is 0.389 e. The molecule has 0 amide bonds. The Balaban J connectivity index is 2.08. The van der Waals surface area contributed by atoms with E-state index in [1.165, 1.54) is 0 Å². The third-order valence-electron chi connectivity index (χ3n) is 3.04. The van der Waals surface area contributed by atoms with E-state index in [1.54, 1.807) is 24.7 Å². The third-order valence-corrected chi connectivity index (χ3v) is 3.26. The monoisotopic (exact) mass is 280 g/mol. The molecule has 0 fully saturated rings. The first-order valence-corrected chi connectivity index (χ1v) is 6.50. The summed E-state index contributed by atoms with van der Waals surface area (Å²) in [6.07, 6.45) is 6.99. The van der Waals surface area contributed by atoms with E-state index >= 15 is 0 Å². The Morgan fingerprint density at radius 1 is 1.00 bits per heavy atom. The van der Waals surface area contributed by atoms with Crippen LogP contribution in [0.4, 0.5) is 11.4 Å². The van der Waals surface area contributed by atoms with Gasteiger partial charge in [0.2, 0.25) is 0 Å². The van der Waals surface area contributed by atoms with Crippen LogP contribution in [0.15, 0.2) is 55.1 Å². The minimum atomic E-state index is 0.344. The van der Waals surface area contributed by atoms with Crippen LogP contribution >= 0.6 is 12.2 Å². The standard InChI is InChI=1S/C15H12N4S/c16-15(20)12-5-7-18-9-14(12)19-13-3-1-2-10-8-17-6-4-11(10)13/h1-9,19H,(H2,16,20). The zero-order chi connectivity index (χ0) is 13.9. The Morgan fingerprint density at radius 3 is 2.65 bits per heavy atom. The molecule has 2 heterocycles. The number of nitrogens with one attached hydrogen (secondary N) is 1. The SMILES string of the molecule is NC(=S)c1ccncc1Nc1cccc2cnccc12. The third kappa shape index (κ3) is 2.31. The number of fused-ring (bicyclic) bond motifs is 1. The van der Waals surface area contributed by atoms with Gasteiger partial charge >= 0.3 is 0 Å². The number of anilines is 2. The van der Waals surface area contributed by atoms with Crippen LogP contribution in [0.1, 0.15) is 5.56 Å². The number of thiocarbonyl (C=S) groups is 1. The molecule has 98 valence electrons. The molecule has 3 N–H and O–H groups in total. The van der Waals surface area contributed by atoms with Crippen molar-refractivity contribution in [1.29, 1.82) is 0 Å². The molecule has 4 nitrogen and oxygen atoms in total. The van der Waals surface area contributed by atoms with Gasteiger partial charge in [0.05, 0.1) is 11.9 Å². The molecule has 0 aliphatic rings. The first-order valence-electron chi connectivity index (χ1n) is 6.09. The van der Waals surface area contributed by atoms with E-state index in [1.807, 2.05) is 30.5 Å². The highest BCUT2D eigenvalue weighted by Crippen LogP contribution is 2.26. The molecular weight excluding hydrogens is 268 g/mol. The van der Waals surface area contributed by atoms with Gasteiger partial charge < -0.3 is 11.1 Å². The van der Waals surface area contributed by atoms with Crippen LogP contribution in [-0.4, -0.2) is 15.0 Å². The van der Waals surface area contributed by atoms with Crippen molar-refractivity contribution in [3.63, 3.8) is 0 Å². The van der Waals surface area contributed by atoms with Crippen LogP contribution in [0.3, 0.4) is 0 Å². The molecule has 20 heavy (non-hydrogen) atoms. The first-order chi connectivity index (χ1) is 9.75. The van der Waals surface area contributed by atoms with Crippen molar-refractivity contribution in [2.24, 2.45) is 5.73 Å². The van der Waals surface area contributed by atoms with Crippen molar-refractivity contribution < 1.29 is 0 Å². The van der Waals surface area contributed by atoms with Crippen molar-refractivity contribution in [2.75, 3.05) is 5.32 Å². The van der Waals surface area contributed by atoms with E-state index in [4.69, 9.17) is 18.0 Å². The molecule has 5 heteroatoms. The summed E-state index contributed by atoms with van der Waals surface area (Å²) in [4.78, 5) is 8.58. The summed E-state index contributed by atoms with van der Waals surface area (Å²) in [5.74, 6) is 0. The number of nitrogens with two attached hydrogens (primary N) is 1. The molecule has 0 bridgehead atoms. The number of hydrogen-bond acceptors (Lipinski definition) is 4. The maximum atomic E-state index is 5.73. The van der Waals surface area contributed by atoms with Crippen LogP contribution < -0.4 is 11.1 Å². The minimum absolute atomic E-state index is 0.344. The van der Waals surface area contributed by atoms with Crippen LogP contribution in [0.25, 0.3) is 10.8 Å². The Hall–Kier alpha value is -2.53. The number of nitrogens with zero attached hydrogens (tertiary/aromatic N) is 2. The predicted molar refractivity (Wildman–Crippen MR) is 85.2 cm³/mol. The van der Waals surface area contributed by atoms with Gasteiger partial charge in [-0.3, -0.25) is 9.97 Å². The van der Waals surface area contributed by atoms with Crippen LogP contribution in [-0.2, 0) is 0 Å². The fraction of sp³-hybridized carbons (Fsp3) is 0. The molecule has 0 saturated carbocycles. The number of aromatic nitrogens is 2. The molecule has 3 rings (SSSR count). The summed E-state index contributed by atoms with van der Waals surface area (Å²) in [5.41, 5.74) is 8.28. The summed E-state index contributed by atoms with van der Waals surface area (Å²) in [6, 6.07) is 9.76. The summed E-state index contributed by atoms with van der Waals surface area (Å²) in [5, 5.41) is 5.49. The smallest absolute Gasteiger partial charge is 0.106 e. The molecular formula is C15H12N4S. The van der Waals surface area contributed by atoms with E-state index in [0.29, 0.717) is 4.99 Å². The van der Waals surface area contributed by atoms with Crippen molar-refractivity contribution in [3.05, 3.63) is 60.7 Å². The van der Waals surface area contributed by atoms with Crippen LogP contribution in [0.2, 0.25) is 0 Å². The molecule has 0 spiro atoms. The number of benzene rings is 1. The summed E-state index contributed by atoms with van der Waals surface area (Å²) < 4.78 is 0. The maximum Gasteiger partial charge on any atom is 0.106 e. The van der Waals surface area contributed by atoms with Gasteiger partial charge in [-0.1, -0.05) is 24.4 Å². The number of pyridine rings is 2. The molecule has 0 atom stereocenters. The Kier molecular flexibility index (Phi) is 3.26. The lowest BCUT2D eigenvalue weighted by molar-refractivity contribution is 1.31. The Labute approximate surface area is 121 Å². The zero-order valence-electron chi connectivity index (χ0n) is 10.6. The van der Waals surface area contributed by atoms with Gasteiger partial charge in [0.1, 0.15) is 4.99 Å². The molecule has 1 aromatic carbocycles. The van der Waals surface area contributed by atoms with Gasteiger partial charge in [0.15, 0.2) is 0 Å². The van der Waals surface area contributed by atoms with E-state index in [-0.39, 0.29) is 0 Å².